The van der Waals surface area contributed by atoms with E-state index in [9.17, 15) is 14.7 Å². The first kappa shape index (κ1) is 25.3. The van der Waals surface area contributed by atoms with Crippen molar-refractivity contribution in [2.75, 3.05) is 4.90 Å². The highest BCUT2D eigenvalue weighted by Crippen LogP contribution is 2.39. The number of aryl methyl sites for hydroxylation is 2. The van der Waals surface area contributed by atoms with Crippen LogP contribution in [0.1, 0.15) is 41.1 Å². The van der Waals surface area contributed by atoms with Crippen molar-refractivity contribution in [3.8, 4) is 11.3 Å². The van der Waals surface area contributed by atoms with E-state index >= 15 is 0 Å². The van der Waals surface area contributed by atoms with E-state index in [4.69, 9.17) is 9.41 Å². The fourth-order valence-electron chi connectivity index (χ4n) is 4.33. The van der Waals surface area contributed by atoms with Crippen LogP contribution in [0.15, 0.2) is 99.2 Å². The van der Waals surface area contributed by atoms with Gasteiger partial charge in [-0.05, 0) is 72.1 Å². The van der Waals surface area contributed by atoms with Crippen LogP contribution in [0.5, 0.6) is 0 Å². The number of benzene rings is 3. The Labute approximate surface area is 225 Å². The molecular formula is C31H26N2O4S. The number of aliphatic imine (C=N–C) groups is 1. The Morgan fingerprint density at radius 2 is 1.68 bits per heavy atom. The zero-order chi connectivity index (χ0) is 26.6. The lowest BCUT2D eigenvalue weighted by atomic mass is 10.1. The second-order valence-electron chi connectivity index (χ2n) is 8.70. The molecule has 7 heteroatoms. The van der Waals surface area contributed by atoms with Gasteiger partial charge in [-0.2, -0.15) is 0 Å². The van der Waals surface area contributed by atoms with Crippen molar-refractivity contribution in [1.82, 2.24) is 0 Å². The Balaban J connectivity index is 1.55. The highest BCUT2D eigenvalue weighted by Gasteiger charge is 2.36. The van der Waals surface area contributed by atoms with Gasteiger partial charge in [0.05, 0.1) is 21.8 Å². The lowest BCUT2D eigenvalue weighted by Crippen LogP contribution is -2.29. The molecule has 1 saturated heterocycles. The van der Waals surface area contributed by atoms with Gasteiger partial charge in [0.1, 0.15) is 11.5 Å². The van der Waals surface area contributed by atoms with Gasteiger partial charge in [-0.15, -0.1) is 0 Å². The molecule has 1 aliphatic rings. The molecule has 0 aliphatic carbocycles. The van der Waals surface area contributed by atoms with Crippen molar-refractivity contribution in [2.45, 2.75) is 26.7 Å². The summed E-state index contributed by atoms with van der Waals surface area (Å²) in [6.45, 7) is 4.15. The molecule has 0 spiro atoms. The summed E-state index contributed by atoms with van der Waals surface area (Å²) in [5.41, 5.74) is 4.64. The summed E-state index contributed by atoms with van der Waals surface area (Å²) in [5.74, 6) is -0.156. The molecule has 0 unspecified atom stereocenters. The highest BCUT2D eigenvalue weighted by molar-refractivity contribution is 8.19. The molecule has 6 nitrogen and oxygen atoms in total. The number of nitrogens with zero attached hydrogens (tertiary/aromatic N) is 2. The molecule has 1 aromatic heterocycles. The zero-order valence-electron chi connectivity index (χ0n) is 21.0. The Bertz CT molecular complexity index is 1580. The number of furan rings is 1. The minimum Gasteiger partial charge on any atom is -0.478 e. The summed E-state index contributed by atoms with van der Waals surface area (Å²) < 4.78 is 6.00. The monoisotopic (exact) mass is 522 g/mol. The van der Waals surface area contributed by atoms with Gasteiger partial charge in [-0.25, -0.2) is 9.79 Å². The third-order valence-corrected chi connectivity index (χ3v) is 7.27. The number of carbonyl (C=O) groups excluding carboxylic acids is 1. The quantitative estimate of drug-likeness (QED) is 0.253. The molecule has 1 N–H and O–H groups in total. The van der Waals surface area contributed by atoms with E-state index in [1.807, 2.05) is 48.5 Å². The van der Waals surface area contributed by atoms with Crippen molar-refractivity contribution < 1.29 is 19.1 Å². The Hall–Kier alpha value is -4.36. The number of hydrogen-bond donors (Lipinski definition) is 1. The molecule has 1 amide bonds. The van der Waals surface area contributed by atoms with Crippen molar-refractivity contribution in [3.63, 3.8) is 0 Å². The van der Waals surface area contributed by atoms with Crippen molar-refractivity contribution in [2.24, 2.45) is 4.99 Å². The van der Waals surface area contributed by atoms with Gasteiger partial charge in [0, 0.05) is 11.6 Å². The van der Waals surface area contributed by atoms with Crippen LogP contribution in [0.3, 0.4) is 0 Å². The zero-order valence-corrected chi connectivity index (χ0v) is 21.9. The molecule has 4 aromatic rings. The smallest absolute Gasteiger partial charge is 0.335 e. The standard InChI is InChI=1S/C31H26N2O4S/c1-3-20-10-5-7-14-25(20)32-31-33(26-15-8-6-11-21(26)4-2)29(34)28(38-31)19-24-16-17-27(37-24)22-12-9-13-23(18-22)30(35)36/h5-19H,3-4H2,1-2H3,(H,35,36)/b28-19-,32-31?. The first-order valence-electron chi connectivity index (χ1n) is 12.4. The summed E-state index contributed by atoms with van der Waals surface area (Å²) in [7, 11) is 0. The molecule has 0 bridgehead atoms. The number of para-hydroxylation sites is 2. The van der Waals surface area contributed by atoms with Crippen molar-refractivity contribution >= 4 is 46.3 Å². The molecule has 0 saturated carbocycles. The summed E-state index contributed by atoms with van der Waals surface area (Å²) in [6, 6.07) is 25.9. The fourth-order valence-corrected chi connectivity index (χ4v) is 5.30. The minimum atomic E-state index is -1.00. The molecule has 190 valence electrons. The Kier molecular flexibility index (Phi) is 7.29. The SMILES string of the molecule is CCc1ccccc1N=C1S/C(=C\c2ccc(-c3cccc(C(=O)O)c3)o2)C(=O)N1c1ccccc1CC. The number of hydrogen-bond acceptors (Lipinski definition) is 5. The van der Waals surface area contributed by atoms with Gasteiger partial charge in [0.25, 0.3) is 5.91 Å². The van der Waals surface area contributed by atoms with Crippen molar-refractivity contribution in [3.05, 3.63) is 112 Å². The number of anilines is 1. The number of rotatable bonds is 7. The number of amidine groups is 1. The molecule has 2 heterocycles. The molecule has 38 heavy (non-hydrogen) atoms. The third-order valence-electron chi connectivity index (χ3n) is 6.30. The van der Waals surface area contributed by atoms with Crippen LogP contribution in [0.25, 0.3) is 17.4 Å². The van der Waals surface area contributed by atoms with E-state index in [1.165, 1.54) is 17.8 Å². The van der Waals surface area contributed by atoms with Gasteiger partial charge in [-0.3, -0.25) is 9.69 Å². The maximum absolute atomic E-state index is 13.8. The summed E-state index contributed by atoms with van der Waals surface area (Å²) in [4.78, 5) is 32.2. The second-order valence-corrected chi connectivity index (χ2v) is 9.71. The second kappa shape index (κ2) is 10.9. The number of amides is 1. The number of carboxylic acid groups (broad SMARTS) is 1. The molecule has 0 atom stereocenters. The van der Waals surface area contributed by atoms with Crippen molar-refractivity contribution in [1.29, 1.82) is 0 Å². The average molecular weight is 523 g/mol. The largest absolute Gasteiger partial charge is 0.478 e. The molecule has 5 rings (SSSR count). The van der Waals surface area contributed by atoms with E-state index in [1.54, 1.807) is 41.3 Å². The van der Waals surface area contributed by atoms with Crippen LogP contribution in [-0.4, -0.2) is 22.2 Å². The van der Waals surface area contributed by atoms with Crippen LogP contribution < -0.4 is 4.90 Å². The third kappa shape index (κ3) is 5.06. The average Bonchev–Trinajstić information content (AvgIpc) is 3.53. The van der Waals surface area contributed by atoms with Crippen LogP contribution >= 0.6 is 11.8 Å². The van der Waals surface area contributed by atoms with Crippen LogP contribution in [0, 0.1) is 0 Å². The van der Waals surface area contributed by atoms with Gasteiger partial charge in [0.2, 0.25) is 0 Å². The number of carboxylic acids is 1. The minimum absolute atomic E-state index is 0.172. The molecule has 1 fully saturated rings. The Morgan fingerprint density at radius 1 is 0.947 bits per heavy atom. The highest BCUT2D eigenvalue weighted by atomic mass is 32.2. The maximum Gasteiger partial charge on any atom is 0.335 e. The maximum atomic E-state index is 13.8. The first-order valence-corrected chi connectivity index (χ1v) is 13.2. The van der Waals surface area contributed by atoms with Gasteiger partial charge in [-0.1, -0.05) is 62.4 Å². The lowest BCUT2D eigenvalue weighted by molar-refractivity contribution is -0.113. The summed E-state index contributed by atoms with van der Waals surface area (Å²) in [5, 5.41) is 9.89. The number of thioether (sulfide) groups is 1. The number of carbonyl (C=O) groups is 2. The fraction of sp³-hybridized carbons (Fsp3) is 0.129. The predicted octanol–water partition coefficient (Wildman–Crippen LogP) is 7.58. The van der Waals surface area contributed by atoms with E-state index in [2.05, 4.69) is 13.8 Å². The number of aromatic carboxylic acids is 1. The molecular weight excluding hydrogens is 496 g/mol. The normalized spacial score (nSPS) is 15.5. The molecule has 0 radical (unpaired) electrons. The Morgan fingerprint density at radius 3 is 2.45 bits per heavy atom. The predicted molar refractivity (Wildman–Crippen MR) is 153 cm³/mol. The van der Waals surface area contributed by atoms with Gasteiger partial charge < -0.3 is 9.52 Å². The van der Waals surface area contributed by atoms with E-state index in [0.29, 0.717) is 27.2 Å². The molecule has 1 aliphatic heterocycles. The van der Waals surface area contributed by atoms with Crippen LogP contribution in [0.4, 0.5) is 11.4 Å². The van der Waals surface area contributed by atoms with Gasteiger partial charge in [0.15, 0.2) is 5.17 Å². The van der Waals surface area contributed by atoms with Crippen LogP contribution in [0.2, 0.25) is 0 Å². The molecule has 3 aromatic carbocycles. The van der Waals surface area contributed by atoms with Crippen LogP contribution in [-0.2, 0) is 17.6 Å². The summed E-state index contributed by atoms with van der Waals surface area (Å²) >= 11 is 1.31. The van der Waals surface area contributed by atoms with E-state index < -0.39 is 5.97 Å². The first-order chi connectivity index (χ1) is 18.5. The van der Waals surface area contributed by atoms with E-state index in [-0.39, 0.29) is 11.5 Å². The van der Waals surface area contributed by atoms with Gasteiger partial charge >= 0.3 is 5.97 Å². The van der Waals surface area contributed by atoms with E-state index in [0.717, 1.165) is 35.3 Å². The lowest BCUT2D eigenvalue weighted by Gasteiger charge is -2.19. The summed E-state index contributed by atoms with van der Waals surface area (Å²) in [6.07, 6.45) is 3.32. The topological polar surface area (TPSA) is 83.1 Å².